The van der Waals surface area contributed by atoms with Gasteiger partial charge in [0.1, 0.15) is 23.6 Å². The van der Waals surface area contributed by atoms with Gasteiger partial charge in [-0.25, -0.2) is 30.7 Å². The molecule has 2 saturated carbocycles. The first kappa shape index (κ1) is 24.8. The Bertz CT molecular complexity index is 1350. The molecule has 198 valence electrons. The van der Waals surface area contributed by atoms with Gasteiger partial charge in [-0.15, -0.1) is 0 Å². The van der Waals surface area contributed by atoms with E-state index in [0.717, 1.165) is 12.1 Å². The molecule has 2 aliphatic heterocycles. The van der Waals surface area contributed by atoms with E-state index in [-0.39, 0.29) is 48.4 Å². The average molecular weight is 539 g/mol. The third-order valence-corrected chi connectivity index (χ3v) is 10.1. The van der Waals surface area contributed by atoms with E-state index in [0.29, 0.717) is 31.9 Å². The second-order valence-electron chi connectivity index (χ2n) is 10.7. The predicted octanol–water partition coefficient (Wildman–Crippen LogP) is 3.84. The van der Waals surface area contributed by atoms with Gasteiger partial charge in [0.15, 0.2) is 0 Å². The number of carbonyl (C=O) groups is 1. The summed E-state index contributed by atoms with van der Waals surface area (Å²) >= 11 is 0. The molecule has 1 unspecified atom stereocenters. The van der Waals surface area contributed by atoms with Crippen LogP contribution in [-0.4, -0.2) is 55.6 Å². The zero-order chi connectivity index (χ0) is 26.2. The maximum absolute atomic E-state index is 15.7. The van der Waals surface area contributed by atoms with Crippen LogP contribution in [0.2, 0.25) is 0 Å². The van der Waals surface area contributed by atoms with Crippen molar-refractivity contribution in [1.82, 2.24) is 9.62 Å². The summed E-state index contributed by atoms with van der Waals surface area (Å²) in [6.07, 6.45) is 0.944. The van der Waals surface area contributed by atoms with Crippen molar-refractivity contribution in [1.29, 1.82) is 0 Å². The van der Waals surface area contributed by atoms with Crippen molar-refractivity contribution in [2.24, 2.45) is 5.41 Å². The van der Waals surface area contributed by atoms with Crippen LogP contribution in [0.3, 0.4) is 0 Å². The lowest BCUT2D eigenvalue weighted by atomic mass is 9.91. The largest absolute Gasteiger partial charge is 0.368 e. The van der Waals surface area contributed by atoms with Gasteiger partial charge in [0.05, 0.1) is 12.6 Å². The van der Waals surface area contributed by atoms with Crippen molar-refractivity contribution in [3.8, 4) is 11.1 Å². The number of halogens is 4. The Hall–Kier alpha value is -2.50. The van der Waals surface area contributed by atoms with Crippen molar-refractivity contribution >= 4 is 15.9 Å². The molecule has 0 radical (unpaired) electrons. The van der Waals surface area contributed by atoms with Crippen molar-refractivity contribution in [3.05, 3.63) is 59.4 Å². The molecule has 3 atom stereocenters. The van der Waals surface area contributed by atoms with Crippen molar-refractivity contribution in [3.63, 3.8) is 0 Å². The SMILES string of the molecule is O=C(C1CCO1)N1CC2(CC2)[C@H](NS(=O)(=O)C2(F)CC2)[C@@H]1Cc1cccc(-c2cc(F)cc(F)c2)c1F. The normalized spacial score (nSPS) is 27.2. The van der Waals surface area contributed by atoms with E-state index in [1.165, 1.54) is 12.1 Å². The Labute approximate surface area is 212 Å². The number of hydrogen-bond acceptors (Lipinski definition) is 4. The zero-order valence-corrected chi connectivity index (χ0v) is 20.7. The number of nitrogens with zero attached hydrogens (tertiary/aromatic N) is 1. The molecule has 6 rings (SSSR count). The summed E-state index contributed by atoms with van der Waals surface area (Å²) < 4.78 is 91.8. The van der Waals surface area contributed by atoms with Gasteiger partial charge in [-0.3, -0.25) is 4.79 Å². The Morgan fingerprint density at radius 3 is 2.32 bits per heavy atom. The van der Waals surface area contributed by atoms with Gasteiger partial charge in [-0.1, -0.05) is 18.2 Å². The Morgan fingerprint density at radius 2 is 1.76 bits per heavy atom. The lowest BCUT2D eigenvalue weighted by Gasteiger charge is -2.34. The molecule has 2 aromatic carbocycles. The number of amides is 1. The smallest absolute Gasteiger partial charge is 0.252 e. The monoisotopic (exact) mass is 538 g/mol. The third kappa shape index (κ3) is 4.24. The molecule has 0 bridgehead atoms. The molecule has 1 spiro atoms. The van der Waals surface area contributed by atoms with Gasteiger partial charge in [0.2, 0.25) is 15.0 Å². The van der Waals surface area contributed by atoms with E-state index in [4.69, 9.17) is 4.74 Å². The van der Waals surface area contributed by atoms with Crippen molar-refractivity contribution < 1.29 is 35.5 Å². The van der Waals surface area contributed by atoms with Crippen LogP contribution in [0.25, 0.3) is 11.1 Å². The lowest BCUT2D eigenvalue weighted by Crippen LogP contribution is -2.54. The summed E-state index contributed by atoms with van der Waals surface area (Å²) in [5.41, 5.74) is -0.402. The Morgan fingerprint density at radius 1 is 1.08 bits per heavy atom. The first-order valence-electron chi connectivity index (χ1n) is 12.4. The summed E-state index contributed by atoms with van der Waals surface area (Å²) in [6, 6.07) is 5.59. The van der Waals surface area contributed by atoms with E-state index in [1.807, 2.05) is 0 Å². The van der Waals surface area contributed by atoms with E-state index in [9.17, 15) is 26.4 Å². The zero-order valence-electron chi connectivity index (χ0n) is 19.9. The molecule has 2 heterocycles. The van der Waals surface area contributed by atoms with Crippen LogP contribution in [0.15, 0.2) is 36.4 Å². The van der Waals surface area contributed by atoms with Crippen molar-refractivity contribution in [2.45, 2.75) is 61.7 Å². The molecule has 6 nitrogen and oxygen atoms in total. The number of rotatable bonds is 7. The molecule has 37 heavy (non-hydrogen) atoms. The van der Waals surface area contributed by atoms with Gasteiger partial charge >= 0.3 is 0 Å². The Balaban J connectivity index is 1.37. The first-order valence-corrected chi connectivity index (χ1v) is 13.9. The van der Waals surface area contributed by atoms with Crippen LogP contribution in [0.1, 0.15) is 37.7 Å². The number of benzene rings is 2. The number of hydrogen-bond donors (Lipinski definition) is 1. The fourth-order valence-electron chi connectivity index (χ4n) is 5.60. The van der Waals surface area contributed by atoms with Gasteiger partial charge in [-0.2, -0.15) is 0 Å². The van der Waals surface area contributed by atoms with Crippen LogP contribution in [0.4, 0.5) is 17.6 Å². The fourth-order valence-corrected chi connectivity index (χ4v) is 7.19. The summed E-state index contributed by atoms with van der Waals surface area (Å²) in [4.78, 5) is 14.8. The lowest BCUT2D eigenvalue weighted by molar-refractivity contribution is -0.157. The highest BCUT2D eigenvalue weighted by molar-refractivity contribution is 7.91. The quantitative estimate of drug-likeness (QED) is 0.544. The molecule has 2 saturated heterocycles. The highest BCUT2D eigenvalue weighted by Gasteiger charge is 2.65. The summed E-state index contributed by atoms with van der Waals surface area (Å²) in [7, 11) is -4.32. The van der Waals surface area contributed by atoms with Crippen molar-refractivity contribution in [2.75, 3.05) is 13.2 Å². The minimum Gasteiger partial charge on any atom is -0.368 e. The van der Waals surface area contributed by atoms with Crippen LogP contribution >= 0.6 is 0 Å². The first-order chi connectivity index (χ1) is 17.5. The van der Waals surface area contributed by atoms with E-state index in [2.05, 4.69) is 4.72 Å². The maximum atomic E-state index is 15.7. The number of ether oxygens (including phenoxy) is 1. The van der Waals surface area contributed by atoms with Crippen LogP contribution < -0.4 is 4.72 Å². The number of likely N-dealkylation sites (tertiary alicyclic amines) is 1. The maximum Gasteiger partial charge on any atom is 0.252 e. The molecule has 4 fully saturated rings. The fraction of sp³-hybridized carbons (Fsp3) is 0.500. The third-order valence-electron chi connectivity index (χ3n) is 8.17. The minimum absolute atomic E-state index is 0.0168. The van der Waals surface area contributed by atoms with Crippen LogP contribution in [-0.2, 0) is 26.0 Å². The van der Waals surface area contributed by atoms with Gasteiger partial charge in [0.25, 0.3) is 5.91 Å². The molecule has 11 heteroatoms. The van der Waals surface area contributed by atoms with Gasteiger partial charge < -0.3 is 9.64 Å². The summed E-state index contributed by atoms with van der Waals surface area (Å²) in [6.45, 7) is 0.709. The minimum atomic E-state index is -4.32. The number of alkyl halides is 1. The molecule has 2 aliphatic carbocycles. The predicted molar refractivity (Wildman–Crippen MR) is 126 cm³/mol. The van der Waals surface area contributed by atoms with E-state index >= 15 is 4.39 Å². The Kier molecular flexibility index (Phi) is 5.70. The number of carbonyl (C=O) groups excluding carboxylic acids is 1. The molecule has 2 aromatic rings. The molecule has 4 aliphatic rings. The van der Waals surface area contributed by atoms with Crippen LogP contribution in [0, 0.1) is 22.9 Å². The average Bonchev–Trinajstić information content (AvgIpc) is 3.70. The molecular weight excluding hydrogens is 512 g/mol. The molecular formula is C26H26F4N2O4S. The summed E-state index contributed by atoms with van der Waals surface area (Å²) in [5, 5.41) is -2.32. The number of sulfonamides is 1. The van der Waals surface area contributed by atoms with Gasteiger partial charge in [0, 0.05) is 48.9 Å². The molecule has 0 aromatic heterocycles. The topological polar surface area (TPSA) is 75.7 Å². The number of nitrogens with one attached hydrogen (secondary N) is 1. The second-order valence-corrected chi connectivity index (χ2v) is 12.6. The van der Waals surface area contributed by atoms with Gasteiger partial charge in [-0.05, 0) is 42.5 Å². The highest BCUT2D eigenvalue weighted by atomic mass is 32.2. The second kappa shape index (κ2) is 8.51. The highest BCUT2D eigenvalue weighted by Crippen LogP contribution is 2.57. The standard InChI is InChI=1S/C26H26F4N2O4S/c27-17-10-16(11-18(28)13-17)19-3-1-2-15(22(19)29)12-20-23(31-37(34,35)26(30)7-8-26)25(5-6-25)14-32(20)24(33)21-4-9-36-21/h1-3,10-11,13,20-21,23,31H,4-9,12,14H2/t20-,21?,23+/m0/s1. The van der Waals surface area contributed by atoms with E-state index in [1.54, 1.807) is 11.0 Å². The van der Waals surface area contributed by atoms with Crippen LogP contribution in [0.5, 0.6) is 0 Å². The summed E-state index contributed by atoms with van der Waals surface area (Å²) in [5.74, 6) is -2.71. The molecule has 1 amide bonds. The van der Waals surface area contributed by atoms with E-state index < -0.39 is 56.1 Å². The molecule has 1 N–H and O–H groups in total.